The van der Waals surface area contributed by atoms with Gasteiger partial charge in [0.25, 0.3) is 0 Å². The molecule has 0 aromatic carbocycles. The Morgan fingerprint density at radius 2 is 2.29 bits per heavy atom. The Morgan fingerprint density at radius 3 is 2.79 bits per heavy atom. The second-order valence-electron chi connectivity index (χ2n) is 2.97. The van der Waals surface area contributed by atoms with Crippen molar-refractivity contribution in [3.05, 3.63) is 19.2 Å². The van der Waals surface area contributed by atoms with Crippen molar-refractivity contribution in [2.45, 2.75) is 25.3 Å². The van der Waals surface area contributed by atoms with Crippen LogP contribution in [0.15, 0.2) is 14.3 Å². The summed E-state index contributed by atoms with van der Waals surface area (Å²) in [5.74, 6) is 2.62. The van der Waals surface area contributed by atoms with Crippen molar-refractivity contribution >= 4 is 43.2 Å². The maximum atomic E-state index is 6.02. The Hall–Kier alpha value is 0.180. The van der Waals surface area contributed by atoms with E-state index in [1.165, 1.54) is 4.88 Å². The molecule has 1 aromatic heterocycles. The molecular formula is C10H11Br2NS. The van der Waals surface area contributed by atoms with Gasteiger partial charge in [0.15, 0.2) is 0 Å². The van der Waals surface area contributed by atoms with Crippen LogP contribution in [-0.2, 0) is 0 Å². The van der Waals surface area contributed by atoms with E-state index in [1.54, 1.807) is 11.3 Å². The minimum Gasteiger partial charge on any atom is -0.323 e. The van der Waals surface area contributed by atoms with Gasteiger partial charge in [-0.2, -0.15) is 0 Å². The highest BCUT2D eigenvalue weighted by molar-refractivity contribution is 9.13. The zero-order chi connectivity index (χ0) is 10.6. The van der Waals surface area contributed by atoms with Gasteiger partial charge in [0.1, 0.15) is 0 Å². The molecule has 0 aliphatic heterocycles. The number of hydrogen-bond donors (Lipinski definition) is 1. The lowest BCUT2D eigenvalue weighted by molar-refractivity contribution is 0.630. The van der Waals surface area contributed by atoms with Gasteiger partial charge < -0.3 is 5.73 Å². The largest absolute Gasteiger partial charge is 0.323 e. The zero-order valence-corrected chi connectivity index (χ0v) is 11.6. The highest BCUT2D eigenvalue weighted by Crippen LogP contribution is 2.35. The Bertz CT molecular complexity index is 321. The van der Waals surface area contributed by atoms with E-state index < -0.39 is 0 Å². The molecule has 0 saturated heterocycles. The highest BCUT2D eigenvalue weighted by Gasteiger charge is 2.10. The van der Waals surface area contributed by atoms with Crippen LogP contribution in [0.5, 0.6) is 0 Å². The fourth-order valence-electron chi connectivity index (χ4n) is 1.11. The maximum Gasteiger partial charge on any atom is 0.0843 e. The van der Waals surface area contributed by atoms with Crippen LogP contribution in [0.2, 0.25) is 0 Å². The Balaban J connectivity index is 2.52. The maximum absolute atomic E-state index is 6.02. The predicted octanol–water partition coefficient (Wildman–Crippen LogP) is 4.08. The number of nitrogens with two attached hydrogens (primary N) is 1. The summed E-state index contributed by atoms with van der Waals surface area (Å²) in [4.78, 5) is 1.20. The first-order chi connectivity index (χ1) is 6.65. The van der Waals surface area contributed by atoms with Crippen LogP contribution in [0.3, 0.4) is 0 Å². The molecule has 14 heavy (non-hydrogen) atoms. The molecule has 0 radical (unpaired) electrons. The molecule has 0 aliphatic rings. The van der Waals surface area contributed by atoms with Crippen LogP contribution >= 0.6 is 43.2 Å². The quantitative estimate of drug-likeness (QED) is 0.650. The Kier molecular flexibility index (Phi) is 5.18. The lowest BCUT2D eigenvalue weighted by Crippen LogP contribution is -2.07. The van der Waals surface area contributed by atoms with E-state index in [0.717, 1.165) is 27.5 Å². The molecule has 76 valence electrons. The van der Waals surface area contributed by atoms with Crippen molar-refractivity contribution < 1.29 is 0 Å². The van der Waals surface area contributed by atoms with E-state index in [1.807, 2.05) is 0 Å². The second kappa shape index (κ2) is 5.92. The molecule has 1 rings (SSSR count). The van der Waals surface area contributed by atoms with Crippen LogP contribution in [0.1, 0.15) is 30.2 Å². The third-order valence-electron chi connectivity index (χ3n) is 1.87. The van der Waals surface area contributed by atoms with Gasteiger partial charge in [-0.1, -0.05) is 0 Å². The van der Waals surface area contributed by atoms with Crippen molar-refractivity contribution in [2.75, 3.05) is 0 Å². The SMILES string of the molecule is C#CCCCC(N)c1cc(Br)c(Br)s1. The Labute approximate surface area is 105 Å². The van der Waals surface area contributed by atoms with Gasteiger partial charge in [0.2, 0.25) is 0 Å². The summed E-state index contributed by atoms with van der Waals surface area (Å²) in [6, 6.07) is 2.17. The molecular weight excluding hydrogens is 326 g/mol. The molecule has 0 fully saturated rings. The minimum absolute atomic E-state index is 0.107. The summed E-state index contributed by atoms with van der Waals surface area (Å²) in [5.41, 5.74) is 6.02. The van der Waals surface area contributed by atoms with Gasteiger partial charge in [0.05, 0.1) is 3.79 Å². The van der Waals surface area contributed by atoms with Gasteiger partial charge >= 0.3 is 0 Å². The number of halogens is 2. The first-order valence-corrected chi connectivity index (χ1v) is 6.69. The molecule has 1 aromatic rings. The average molecular weight is 337 g/mol. The van der Waals surface area contributed by atoms with Crippen LogP contribution in [-0.4, -0.2) is 0 Å². The monoisotopic (exact) mass is 335 g/mol. The standard InChI is InChI=1S/C10H11Br2NS/c1-2-3-4-5-8(13)9-6-7(11)10(12)14-9/h1,6,8H,3-5,13H2. The molecule has 4 heteroatoms. The fourth-order valence-corrected chi connectivity index (χ4v) is 3.24. The third-order valence-corrected chi connectivity index (χ3v) is 5.25. The fraction of sp³-hybridized carbons (Fsp3) is 0.400. The second-order valence-corrected chi connectivity index (χ2v) is 6.23. The van der Waals surface area contributed by atoms with Crippen molar-refractivity contribution in [3.63, 3.8) is 0 Å². The number of thiophene rings is 1. The summed E-state index contributed by atoms with van der Waals surface area (Å²) in [6.07, 6.45) is 7.92. The van der Waals surface area contributed by atoms with Gasteiger partial charge in [-0.15, -0.1) is 23.7 Å². The highest BCUT2D eigenvalue weighted by atomic mass is 79.9. The number of hydrogen-bond acceptors (Lipinski definition) is 2. The summed E-state index contributed by atoms with van der Waals surface area (Å²) in [6.45, 7) is 0. The van der Waals surface area contributed by atoms with E-state index in [-0.39, 0.29) is 6.04 Å². The van der Waals surface area contributed by atoms with Gasteiger partial charge in [-0.05, 0) is 50.8 Å². The van der Waals surface area contributed by atoms with Crippen molar-refractivity contribution in [2.24, 2.45) is 5.73 Å². The normalized spacial score (nSPS) is 12.4. The van der Waals surface area contributed by atoms with Gasteiger partial charge in [-0.3, -0.25) is 0 Å². The van der Waals surface area contributed by atoms with E-state index in [2.05, 4.69) is 43.8 Å². The molecule has 1 atom stereocenters. The molecule has 0 spiro atoms. The zero-order valence-electron chi connectivity index (χ0n) is 7.59. The lowest BCUT2D eigenvalue weighted by atomic mass is 10.1. The Morgan fingerprint density at radius 1 is 1.57 bits per heavy atom. The number of rotatable bonds is 4. The van der Waals surface area contributed by atoms with Crippen molar-refractivity contribution in [1.29, 1.82) is 0 Å². The molecule has 0 aliphatic carbocycles. The number of unbranched alkanes of at least 4 members (excludes halogenated alkanes) is 1. The summed E-state index contributed by atoms with van der Waals surface area (Å²) in [5, 5.41) is 0. The predicted molar refractivity (Wildman–Crippen MR) is 69.3 cm³/mol. The summed E-state index contributed by atoms with van der Waals surface area (Å²) in [7, 11) is 0. The summed E-state index contributed by atoms with van der Waals surface area (Å²) < 4.78 is 2.17. The van der Waals surface area contributed by atoms with E-state index in [4.69, 9.17) is 12.2 Å². The van der Waals surface area contributed by atoms with Crippen molar-refractivity contribution in [3.8, 4) is 12.3 Å². The number of terminal acetylenes is 1. The summed E-state index contributed by atoms with van der Waals surface area (Å²) >= 11 is 8.57. The van der Waals surface area contributed by atoms with Crippen LogP contribution in [0, 0.1) is 12.3 Å². The van der Waals surface area contributed by atoms with Crippen molar-refractivity contribution in [1.82, 2.24) is 0 Å². The third kappa shape index (κ3) is 3.39. The molecule has 0 bridgehead atoms. The van der Waals surface area contributed by atoms with Crippen LogP contribution in [0.25, 0.3) is 0 Å². The molecule has 0 saturated carbocycles. The van der Waals surface area contributed by atoms with Gasteiger partial charge in [-0.25, -0.2) is 0 Å². The lowest BCUT2D eigenvalue weighted by Gasteiger charge is -2.06. The van der Waals surface area contributed by atoms with Crippen LogP contribution < -0.4 is 5.73 Å². The first kappa shape index (κ1) is 12.3. The smallest absolute Gasteiger partial charge is 0.0843 e. The molecule has 0 amide bonds. The van der Waals surface area contributed by atoms with E-state index in [0.29, 0.717) is 0 Å². The van der Waals surface area contributed by atoms with E-state index in [9.17, 15) is 0 Å². The molecule has 1 heterocycles. The molecule has 1 unspecified atom stereocenters. The van der Waals surface area contributed by atoms with E-state index >= 15 is 0 Å². The topological polar surface area (TPSA) is 26.0 Å². The molecule has 2 N–H and O–H groups in total. The minimum atomic E-state index is 0.107. The average Bonchev–Trinajstić information content (AvgIpc) is 2.47. The molecule has 1 nitrogen and oxygen atoms in total. The van der Waals surface area contributed by atoms with Gasteiger partial charge in [0, 0.05) is 21.8 Å². The van der Waals surface area contributed by atoms with Crippen LogP contribution in [0.4, 0.5) is 0 Å². The first-order valence-electron chi connectivity index (χ1n) is 4.29.